The lowest BCUT2D eigenvalue weighted by Gasteiger charge is -2.17. The van der Waals surface area contributed by atoms with Gasteiger partial charge in [0.25, 0.3) is 5.69 Å². The lowest BCUT2D eigenvalue weighted by atomic mass is 10.1. The molecule has 0 aliphatic carbocycles. The zero-order chi connectivity index (χ0) is 29.5. The number of carbonyl (C=O) groups is 1. The molecule has 216 valence electrons. The van der Waals surface area contributed by atoms with Crippen LogP contribution in [0.3, 0.4) is 0 Å². The Kier molecular flexibility index (Phi) is 9.35. The van der Waals surface area contributed by atoms with E-state index in [1.54, 1.807) is 38.2 Å². The molecule has 1 fully saturated rings. The Balaban J connectivity index is 0.000000572. The standard InChI is InChI=1S/C24H24N6O5.C5H11N/c1-5-35-23(31)16-13-26-24(28-22(16)15-12-25-17-9-7-6-8-14(15)17)27-18-10-20(30(32)33)19(29(2)3)11-21(18)34-4;1-6-4-2-3-5-6/h6-13,25H,5H2,1-4H3,(H,26,27,28);2-5H2,1H3. The van der Waals surface area contributed by atoms with Gasteiger partial charge in [0.15, 0.2) is 0 Å². The number of H-pyrrole nitrogens is 1. The molecule has 2 N–H and O–H groups in total. The van der Waals surface area contributed by atoms with Crippen molar-refractivity contribution in [3.63, 3.8) is 0 Å². The number of aromatic amines is 1. The van der Waals surface area contributed by atoms with Crippen LogP contribution in [0.25, 0.3) is 22.2 Å². The Morgan fingerprint density at radius 1 is 1.22 bits per heavy atom. The van der Waals surface area contributed by atoms with Crippen LogP contribution in [0.5, 0.6) is 5.75 Å². The third-order valence-corrected chi connectivity index (χ3v) is 6.68. The zero-order valence-electron chi connectivity index (χ0n) is 23.9. The van der Waals surface area contributed by atoms with Gasteiger partial charge in [-0.3, -0.25) is 10.1 Å². The summed E-state index contributed by atoms with van der Waals surface area (Å²) < 4.78 is 10.7. The van der Waals surface area contributed by atoms with Gasteiger partial charge >= 0.3 is 5.97 Å². The molecule has 0 saturated carbocycles. The van der Waals surface area contributed by atoms with E-state index in [2.05, 4.69) is 32.2 Å². The number of hydrogen-bond acceptors (Lipinski definition) is 10. The summed E-state index contributed by atoms with van der Waals surface area (Å²) in [5.41, 5.74) is 2.70. The molecule has 2 aromatic heterocycles. The normalized spacial score (nSPS) is 12.9. The zero-order valence-corrected chi connectivity index (χ0v) is 23.9. The summed E-state index contributed by atoms with van der Waals surface area (Å²) in [6.07, 6.45) is 5.96. The maximum atomic E-state index is 12.7. The van der Waals surface area contributed by atoms with Crippen LogP contribution in [0, 0.1) is 10.1 Å². The molecule has 0 unspecified atom stereocenters. The molecule has 1 aliphatic rings. The molecule has 0 radical (unpaired) electrons. The Hall–Kier alpha value is -4.71. The maximum Gasteiger partial charge on any atom is 0.341 e. The second-order valence-corrected chi connectivity index (χ2v) is 9.75. The average molecular weight is 562 g/mol. The summed E-state index contributed by atoms with van der Waals surface area (Å²) in [5, 5.41) is 15.5. The fourth-order valence-corrected chi connectivity index (χ4v) is 4.60. The van der Waals surface area contributed by atoms with Crippen molar-refractivity contribution in [2.45, 2.75) is 19.8 Å². The SMILES string of the molecule is CCOC(=O)c1cnc(Nc2cc([N+](=O)[O-])c(N(C)C)cc2OC)nc1-c1c[nH]c2ccccc12.CN1CCCC1. The summed E-state index contributed by atoms with van der Waals surface area (Å²) in [4.78, 5) is 39.9. The molecule has 1 saturated heterocycles. The highest BCUT2D eigenvalue weighted by molar-refractivity contribution is 6.02. The van der Waals surface area contributed by atoms with Gasteiger partial charge in [0.2, 0.25) is 5.95 Å². The summed E-state index contributed by atoms with van der Waals surface area (Å²) >= 11 is 0. The number of hydrogen-bond donors (Lipinski definition) is 2. The minimum Gasteiger partial charge on any atom is -0.494 e. The Bertz CT molecular complexity index is 1530. The smallest absolute Gasteiger partial charge is 0.341 e. The Morgan fingerprint density at radius 2 is 1.95 bits per heavy atom. The highest BCUT2D eigenvalue weighted by atomic mass is 16.6. The number of carbonyl (C=O) groups excluding carboxylic acids is 1. The van der Waals surface area contributed by atoms with Gasteiger partial charge in [0.05, 0.1) is 30.0 Å². The van der Waals surface area contributed by atoms with Gasteiger partial charge in [0.1, 0.15) is 17.0 Å². The van der Waals surface area contributed by atoms with E-state index in [0.717, 1.165) is 10.9 Å². The number of anilines is 3. The van der Waals surface area contributed by atoms with E-state index < -0.39 is 10.9 Å². The predicted molar refractivity (Wildman–Crippen MR) is 159 cm³/mol. The van der Waals surface area contributed by atoms with Crippen LogP contribution in [0.1, 0.15) is 30.1 Å². The molecular weight excluding hydrogens is 526 g/mol. The monoisotopic (exact) mass is 561 g/mol. The number of rotatable bonds is 8. The second-order valence-electron chi connectivity index (χ2n) is 9.75. The van der Waals surface area contributed by atoms with Crippen LogP contribution in [-0.4, -0.2) is 78.7 Å². The van der Waals surface area contributed by atoms with Crippen molar-refractivity contribution in [1.29, 1.82) is 0 Å². The van der Waals surface area contributed by atoms with Crippen molar-refractivity contribution < 1.29 is 19.2 Å². The summed E-state index contributed by atoms with van der Waals surface area (Å²) in [6.45, 7) is 4.56. The van der Waals surface area contributed by atoms with Crippen molar-refractivity contribution in [1.82, 2.24) is 19.9 Å². The fourth-order valence-electron chi connectivity index (χ4n) is 4.60. The molecule has 41 heavy (non-hydrogen) atoms. The van der Waals surface area contributed by atoms with E-state index in [4.69, 9.17) is 9.47 Å². The number of esters is 1. The van der Waals surface area contributed by atoms with Gasteiger partial charge < -0.3 is 29.6 Å². The van der Waals surface area contributed by atoms with Gasteiger partial charge in [-0.1, -0.05) is 18.2 Å². The molecule has 0 amide bonds. The van der Waals surface area contributed by atoms with Gasteiger partial charge in [-0.15, -0.1) is 0 Å². The number of para-hydroxylation sites is 1. The van der Waals surface area contributed by atoms with E-state index in [0.29, 0.717) is 28.4 Å². The van der Waals surface area contributed by atoms with E-state index in [-0.39, 0.29) is 23.8 Å². The molecule has 3 heterocycles. The second kappa shape index (κ2) is 13.1. The molecule has 12 heteroatoms. The van der Waals surface area contributed by atoms with E-state index >= 15 is 0 Å². The first-order valence-corrected chi connectivity index (χ1v) is 13.3. The third-order valence-electron chi connectivity index (χ3n) is 6.68. The maximum absolute atomic E-state index is 12.7. The number of likely N-dealkylation sites (tertiary alicyclic amines) is 1. The third kappa shape index (κ3) is 6.72. The first kappa shape index (κ1) is 29.3. The van der Waals surface area contributed by atoms with Crippen LogP contribution in [-0.2, 0) is 4.74 Å². The minimum absolute atomic E-state index is 0.113. The van der Waals surface area contributed by atoms with Crippen LogP contribution >= 0.6 is 0 Å². The van der Waals surface area contributed by atoms with Crippen LogP contribution in [0.2, 0.25) is 0 Å². The molecule has 0 atom stereocenters. The van der Waals surface area contributed by atoms with Crippen molar-refractivity contribution in [2.75, 3.05) is 58.2 Å². The Morgan fingerprint density at radius 3 is 2.56 bits per heavy atom. The summed E-state index contributed by atoms with van der Waals surface area (Å²) in [6, 6.07) is 10.5. The molecule has 4 aromatic rings. The molecule has 2 aromatic carbocycles. The lowest BCUT2D eigenvalue weighted by Crippen LogP contribution is -2.12. The van der Waals surface area contributed by atoms with Crippen molar-refractivity contribution >= 4 is 39.9 Å². The summed E-state index contributed by atoms with van der Waals surface area (Å²) in [5.74, 6) is -0.0579. The molecule has 5 rings (SSSR count). The molecule has 0 spiro atoms. The summed E-state index contributed by atoms with van der Waals surface area (Å²) in [7, 11) is 7.06. The number of fused-ring (bicyclic) bond motifs is 1. The number of benzene rings is 2. The van der Waals surface area contributed by atoms with E-state index in [1.165, 1.54) is 45.3 Å². The molecule has 12 nitrogen and oxygen atoms in total. The number of nitrogens with zero attached hydrogens (tertiary/aromatic N) is 5. The predicted octanol–water partition coefficient (Wildman–Crippen LogP) is 5.24. The average Bonchev–Trinajstić information content (AvgIpc) is 3.62. The number of methoxy groups -OCH3 is 1. The Labute approximate surface area is 238 Å². The van der Waals surface area contributed by atoms with Crippen LogP contribution in [0.4, 0.5) is 23.0 Å². The van der Waals surface area contributed by atoms with Crippen LogP contribution in [0.15, 0.2) is 48.8 Å². The highest BCUT2D eigenvalue weighted by Crippen LogP contribution is 2.39. The number of aromatic nitrogens is 3. The molecule has 0 bridgehead atoms. The van der Waals surface area contributed by atoms with Gasteiger partial charge in [-0.05, 0) is 46.0 Å². The topological polar surface area (TPSA) is 139 Å². The number of nitrogens with one attached hydrogen (secondary N) is 2. The van der Waals surface area contributed by atoms with Gasteiger partial charge in [0, 0.05) is 55.1 Å². The number of ether oxygens (including phenoxy) is 2. The fraction of sp³-hybridized carbons (Fsp3) is 0.345. The van der Waals surface area contributed by atoms with Gasteiger partial charge in [-0.2, -0.15) is 0 Å². The first-order valence-electron chi connectivity index (χ1n) is 13.3. The molecular formula is C29H35N7O5. The van der Waals surface area contributed by atoms with E-state index in [9.17, 15) is 14.9 Å². The minimum atomic E-state index is -0.553. The first-order chi connectivity index (χ1) is 19.7. The largest absolute Gasteiger partial charge is 0.494 e. The van der Waals surface area contributed by atoms with Crippen LogP contribution < -0.4 is 15.0 Å². The van der Waals surface area contributed by atoms with Crippen molar-refractivity contribution in [3.05, 3.63) is 64.5 Å². The van der Waals surface area contributed by atoms with Crippen molar-refractivity contribution in [2.24, 2.45) is 0 Å². The number of nitro benzene ring substituents is 1. The highest BCUT2D eigenvalue weighted by Gasteiger charge is 2.23. The molecule has 1 aliphatic heterocycles. The van der Waals surface area contributed by atoms with E-state index in [1.807, 2.05) is 24.3 Å². The number of nitro groups is 1. The van der Waals surface area contributed by atoms with Crippen molar-refractivity contribution in [3.8, 4) is 17.0 Å². The van der Waals surface area contributed by atoms with Gasteiger partial charge in [-0.25, -0.2) is 14.8 Å². The lowest BCUT2D eigenvalue weighted by molar-refractivity contribution is -0.384. The quantitative estimate of drug-likeness (QED) is 0.167.